The van der Waals surface area contributed by atoms with Crippen molar-refractivity contribution in [2.75, 3.05) is 7.05 Å². The molecule has 3 aromatic rings. The summed E-state index contributed by atoms with van der Waals surface area (Å²) in [4.78, 5) is 18.8. The van der Waals surface area contributed by atoms with Crippen molar-refractivity contribution in [2.24, 2.45) is 0 Å². The number of thiazole rings is 1. The molecule has 3 rings (SSSR count). The number of aromatic hydroxyl groups is 1. The average Bonchev–Trinajstić information content (AvgIpc) is 3.24. The van der Waals surface area contributed by atoms with Gasteiger partial charge < -0.3 is 10.0 Å². The van der Waals surface area contributed by atoms with Gasteiger partial charge in [-0.05, 0) is 30.3 Å². The predicted octanol–water partition coefficient (Wildman–Crippen LogP) is 3.63. The van der Waals surface area contributed by atoms with Crippen LogP contribution in [0.15, 0.2) is 35.7 Å². The molecular formula is C18H20N4O2S. The highest BCUT2D eigenvalue weighted by molar-refractivity contribution is 7.09. The van der Waals surface area contributed by atoms with Crippen LogP contribution in [0.1, 0.15) is 41.0 Å². The number of benzene rings is 1. The van der Waals surface area contributed by atoms with Crippen LogP contribution in [-0.2, 0) is 6.54 Å². The zero-order valence-corrected chi connectivity index (χ0v) is 15.2. The van der Waals surface area contributed by atoms with E-state index >= 15 is 0 Å². The summed E-state index contributed by atoms with van der Waals surface area (Å²) in [5, 5.41) is 19.4. The van der Waals surface area contributed by atoms with Gasteiger partial charge in [-0.3, -0.25) is 9.89 Å². The number of carbonyl (C=O) groups is 1. The van der Waals surface area contributed by atoms with Crippen molar-refractivity contribution in [1.82, 2.24) is 20.1 Å². The van der Waals surface area contributed by atoms with Gasteiger partial charge >= 0.3 is 0 Å². The Bertz CT molecular complexity index is 867. The Morgan fingerprint density at radius 2 is 2.04 bits per heavy atom. The van der Waals surface area contributed by atoms with E-state index in [9.17, 15) is 9.90 Å². The van der Waals surface area contributed by atoms with Crippen molar-refractivity contribution in [1.29, 1.82) is 0 Å². The molecule has 1 aromatic carbocycles. The highest BCUT2D eigenvalue weighted by atomic mass is 32.1. The summed E-state index contributed by atoms with van der Waals surface area (Å²) >= 11 is 1.62. The van der Waals surface area contributed by atoms with Crippen LogP contribution < -0.4 is 0 Å². The van der Waals surface area contributed by atoms with Gasteiger partial charge in [-0.1, -0.05) is 13.8 Å². The van der Waals surface area contributed by atoms with E-state index in [4.69, 9.17) is 0 Å². The number of carbonyl (C=O) groups excluding carboxylic acids is 1. The lowest BCUT2D eigenvalue weighted by atomic mass is 10.1. The van der Waals surface area contributed by atoms with E-state index in [0.29, 0.717) is 23.9 Å². The lowest BCUT2D eigenvalue weighted by Gasteiger charge is -2.14. The molecule has 25 heavy (non-hydrogen) atoms. The number of H-pyrrole nitrogens is 1. The minimum absolute atomic E-state index is 0.142. The van der Waals surface area contributed by atoms with Gasteiger partial charge in [0.15, 0.2) is 0 Å². The zero-order chi connectivity index (χ0) is 18.0. The van der Waals surface area contributed by atoms with Crippen LogP contribution in [0.25, 0.3) is 11.3 Å². The molecule has 2 heterocycles. The number of phenols is 1. The fourth-order valence-corrected chi connectivity index (χ4v) is 3.22. The first-order chi connectivity index (χ1) is 11.9. The average molecular weight is 356 g/mol. The minimum atomic E-state index is -0.142. The first-order valence-electron chi connectivity index (χ1n) is 7.98. The molecular weight excluding hydrogens is 336 g/mol. The highest BCUT2D eigenvalue weighted by Gasteiger charge is 2.17. The number of nitrogens with zero attached hydrogens (tertiary/aromatic N) is 3. The van der Waals surface area contributed by atoms with Gasteiger partial charge in [0.05, 0.1) is 22.9 Å². The number of rotatable bonds is 5. The Morgan fingerprint density at radius 3 is 2.68 bits per heavy atom. The van der Waals surface area contributed by atoms with Crippen molar-refractivity contribution >= 4 is 17.2 Å². The molecule has 0 saturated heterocycles. The van der Waals surface area contributed by atoms with E-state index in [1.807, 2.05) is 5.38 Å². The monoisotopic (exact) mass is 356 g/mol. The molecule has 0 spiro atoms. The van der Waals surface area contributed by atoms with Crippen molar-refractivity contribution < 1.29 is 9.90 Å². The SMILES string of the molecule is CC(C)c1nc(CN(C)C(=O)c2cc(-c3ccc(O)cc3)n[nH]2)cs1. The Kier molecular flexibility index (Phi) is 4.85. The molecule has 0 fully saturated rings. The standard InChI is InChI=1S/C18H20N4O2S/c1-11(2)17-19-13(10-25-17)9-22(3)18(24)16-8-15(20-21-16)12-4-6-14(23)7-5-12/h4-8,10-11,23H,9H2,1-3H3,(H,20,21). The van der Waals surface area contributed by atoms with Gasteiger partial charge in [0.2, 0.25) is 0 Å². The Morgan fingerprint density at radius 1 is 1.32 bits per heavy atom. The van der Waals surface area contributed by atoms with Crippen molar-refractivity contribution in [3.63, 3.8) is 0 Å². The van der Waals surface area contributed by atoms with E-state index in [1.165, 1.54) is 0 Å². The molecule has 2 aromatic heterocycles. The molecule has 130 valence electrons. The second kappa shape index (κ2) is 7.06. The van der Waals surface area contributed by atoms with Gasteiger partial charge in [0.25, 0.3) is 5.91 Å². The van der Waals surface area contributed by atoms with Crippen molar-refractivity contribution in [3.8, 4) is 17.0 Å². The van der Waals surface area contributed by atoms with E-state index in [2.05, 4.69) is 29.0 Å². The van der Waals surface area contributed by atoms with Gasteiger partial charge in [-0.25, -0.2) is 4.98 Å². The summed E-state index contributed by atoms with van der Waals surface area (Å²) in [6, 6.07) is 8.41. The molecule has 7 heteroatoms. The molecule has 0 aliphatic rings. The van der Waals surface area contributed by atoms with Crippen molar-refractivity contribution in [2.45, 2.75) is 26.3 Å². The first kappa shape index (κ1) is 17.2. The maximum absolute atomic E-state index is 12.6. The number of amides is 1. The van der Waals surface area contributed by atoms with Crippen LogP contribution in [0.3, 0.4) is 0 Å². The molecule has 0 radical (unpaired) electrons. The van der Waals surface area contributed by atoms with Crippen LogP contribution in [-0.4, -0.2) is 38.1 Å². The predicted molar refractivity (Wildman–Crippen MR) is 97.7 cm³/mol. The Labute approximate surface area is 150 Å². The largest absolute Gasteiger partial charge is 0.508 e. The van der Waals surface area contributed by atoms with Gasteiger partial charge in [0, 0.05) is 23.9 Å². The van der Waals surface area contributed by atoms with Crippen LogP contribution in [0.5, 0.6) is 5.75 Å². The number of nitrogens with one attached hydrogen (secondary N) is 1. The second-order valence-corrected chi connectivity index (χ2v) is 7.10. The van der Waals surface area contributed by atoms with Gasteiger partial charge in [0.1, 0.15) is 11.4 Å². The van der Waals surface area contributed by atoms with E-state index < -0.39 is 0 Å². The van der Waals surface area contributed by atoms with E-state index in [1.54, 1.807) is 53.6 Å². The molecule has 0 atom stereocenters. The minimum Gasteiger partial charge on any atom is -0.508 e. The topological polar surface area (TPSA) is 82.1 Å². The Hall–Kier alpha value is -2.67. The zero-order valence-electron chi connectivity index (χ0n) is 14.4. The smallest absolute Gasteiger partial charge is 0.271 e. The quantitative estimate of drug-likeness (QED) is 0.731. The lowest BCUT2D eigenvalue weighted by Crippen LogP contribution is -2.26. The molecule has 0 aliphatic carbocycles. The molecule has 0 saturated carbocycles. The Balaban J connectivity index is 1.70. The summed E-state index contributed by atoms with van der Waals surface area (Å²) in [7, 11) is 1.75. The van der Waals surface area contributed by atoms with Gasteiger partial charge in [-0.2, -0.15) is 5.10 Å². The maximum atomic E-state index is 12.6. The summed E-state index contributed by atoms with van der Waals surface area (Å²) in [5.41, 5.74) is 2.80. The normalized spacial score (nSPS) is 11.0. The third kappa shape index (κ3) is 3.88. The molecule has 0 aliphatic heterocycles. The lowest BCUT2D eigenvalue weighted by molar-refractivity contribution is 0.0777. The van der Waals surface area contributed by atoms with Crippen molar-refractivity contribution in [3.05, 3.63) is 52.1 Å². The number of aromatic nitrogens is 3. The molecule has 1 amide bonds. The molecule has 2 N–H and O–H groups in total. The summed E-state index contributed by atoms with van der Waals surface area (Å²) < 4.78 is 0. The summed E-state index contributed by atoms with van der Waals surface area (Å²) in [6.07, 6.45) is 0. The molecule has 6 nitrogen and oxygen atoms in total. The third-order valence-electron chi connectivity index (χ3n) is 3.78. The van der Waals surface area contributed by atoms with Crippen LogP contribution in [0, 0.1) is 0 Å². The van der Waals surface area contributed by atoms with Crippen LogP contribution in [0.2, 0.25) is 0 Å². The van der Waals surface area contributed by atoms with Gasteiger partial charge in [-0.15, -0.1) is 11.3 Å². The maximum Gasteiger partial charge on any atom is 0.271 e. The summed E-state index contributed by atoms with van der Waals surface area (Å²) in [5.74, 6) is 0.441. The third-order valence-corrected chi connectivity index (χ3v) is 4.97. The molecule has 0 bridgehead atoms. The second-order valence-electron chi connectivity index (χ2n) is 6.21. The number of aromatic amines is 1. The van der Waals surface area contributed by atoms with Crippen LogP contribution in [0.4, 0.5) is 0 Å². The van der Waals surface area contributed by atoms with Crippen LogP contribution >= 0.6 is 11.3 Å². The first-order valence-corrected chi connectivity index (χ1v) is 8.86. The summed E-state index contributed by atoms with van der Waals surface area (Å²) in [6.45, 7) is 4.66. The fraction of sp³-hybridized carbons (Fsp3) is 0.278. The number of hydrogen-bond acceptors (Lipinski definition) is 5. The van der Waals surface area contributed by atoms with E-state index in [0.717, 1.165) is 16.3 Å². The highest BCUT2D eigenvalue weighted by Crippen LogP contribution is 2.22. The fourth-order valence-electron chi connectivity index (χ4n) is 2.39. The number of phenolic OH excluding ortho intramolecular Hbond substituents is 1. The molecule has 0 unspecified atom stereocenters. The number of hydrogen-bond donors (Lipinski definition) is 2. The van der Waals surface area contributed by atoms with E-state index in [-0.39, 0.29) is 11.7 Å².